The molecule has 0 aliphatic rings. The van der Waals surface area contributed by atoms with E-state index in [1.165, 1.54) is 5.56 Å². The highest BCUT2D eigenvalue weighted by Crippen LogP contribution is 2.15. The van der Waals surface area contributed by atoms with Crippen LogP contribution >= 0.6 is 0 Å². The second kappa shape index (κ2) is 5.25. The Labute approximate surface area is 118 Å². The minimum absolute atomic E-state index is 0.139. The minimum Gasteiger partial charge on any atom is -0.294 e. The molecule has 2 aromatic carbocycles. The van der Waals surface area contributed by atoms with Crippen LogP contribution in [-0.4, -0.2) is 10.8 Å². The largest absolute Gasteiger partial charge is 0.294 e. The van der Waals surface area contributed by atoms with Crippen LogP contribution in [0, 0.1) is 6.92 Å². The monoisotopic (exact) mass is 261 g/mol. The molecule has 0 saturated carbocycles. The molecule has 20 heavy (non-hydrogen) atoms. The fraction of sp³-hybridized carbons (Fsp3) is 0.111. The van der Waals surface area contributed by atoms with Crippen molar-refractivity contribution < 1.29 is 4.79 Å². The highest BCUT2D eigenvalue weighted by atomic mass is 16.1. The molecule has 0 aliphatic carbocycles. The molecule has 0 unspecified atom stereocenters. The first-order chi connectivity index (χ1) is 9.72. The number of rotatable bonds is 3. The summed E-state index contributed by atoms with van der Waals surface area (Å²) in [7, 11) is 0. The average Bonchev–Trinajstić information content (AvgIpc) is 2.49. The van der Waals surface area contributed by atoms with Gasteiger partial charge >= 0.3 is 0 Å². The summed E-state index contributed by atoms with van der Waals surface area (Å²) in [5.41, 5.74) is 3.91. The topological polar surface area (TPSA) is 30.0 Å². The lowest BCUT2D eigenvalue weighted by atomic mass is 10.0. The van der Waals surface area contributed by atoms with Crippen molar-refractivity contribution in [3.05, 3.63) is 77.5 Å². The molecular formula is C18H15NO. The first-order valence-corrected chi connectivity index (χ1v) is 6.66. The Balaban J connectivity index is 1.86. The molecule has 0 atom stereocenters. The lowest BCUT2D eigenvalue weighted by molar-refractivity contribution is 0.0993. The van der Waals surface area contributed by atoms with E-state index in [1.807, 2.05) is 61.5 Å². The third kappa shape index (κ3) is 2.59. The number of Topliss-reactive ketones (excluding diaryl/α,β-unsaturated/α-hetero) is 1. The van der Waals surface area contributed by atoms with E-state index in [4.69, 9.17) is 0 Å². The summed E-state index contributed by atoms with van der Waals surface area (Å²) in [5, 5.41) is 1.00. The lowest BCUT2D eigenvalue weighted by Gasteiger charge is -2.04. The molecule has 1 heterocycles. The molecule has 0 amide bonds. The molecule has 3 aromatic rings. The first-order valence-electron chi connectivity index (χ1n) is 6.66. The Morgan fingerprint density at radius 2 is 1.85 bits per heavy atom. The van der Waals surface area contributed by atoms with Gasteiger partial charge in [-0.25, -0.2) is 0 Å². The maximum Gasteiger partial charge on any atom is 0.167 e. The fourth-order valence-electron chi connectivity index (χ4n) is 2.24. The van der Waals surface area contributed by atoms with E-state index in [2.05, 4.69) is 4.98 Å². The molecule has 3 rings (SSSR count). The highest BCUT2D eigenvalue weighted by Gasteiger charge is 2.08. The number of hydrogen-bond acceptors (Lipinski definition) is 2. The molecule has 0 aliphatic heterocycles. The quantitative estimate of drug-likeness (QED) is 0.668. The van der Waals surface area contributed by atoms with E-state index in [9.17, 15) is 4.79 Å². The predicted octanol–water partition coefficient (Wildman–Crippen LogP) is 3.97. The Morgan fingerprint density at radius 3 is 2.65 bits per heavy atom. The van der Waals surface area contributed by atoms with Gasteiger partial charge in [0.25, 0.3) is 0 Å². The molecule has 2 nitrogen and oxygen atoms in total. The van der Waals surface area contributed by atoms with Crippen LogP contribution < -0.4 is 0 Å². The number of benzene rings is 2. The predicted molar refractivity (Wildman–Crippen MR) is 81.0 cm³/mol. The van der Waals surface area contributed by atoms with Crippen LogP contribution in [0.4, 0.5) is 0 Å². The normalized spacial score (nSPS) is 10.7. The van der Waals surface area contributed by atoms with Crippen molar-refractivity contribution in [1.29, 1.82) is 0 Å². The fourth-order valence-corrected chi connectivity index (χ4v) is 2.24. The Hall–Kier alpha value is -2.48. The molecule has 0 N–H and O–H groups in total. The zero-order valence-electron chi connectivity index (χ0n) is 11.3. The third-order valence-corrected chi connectivity index (χ3v) is 3.41. The zero-order chi connectivity index (χ0) is 13.9. The van der Waals surface area contributed by atoms with Crippen molar-refractivity contribution in [1.82, 2.24) is 4.98 Å². The number of nitrogens with zero attached hydrogens (tertiary/aromatic N) is 1. The van der Waals surface area contributed by atoms with E-state index in [-0.39, 0.29) is 5.78 Å². The first kappa shape index (κ1) is 12.5. The van der Waals surface area contributed by atoms with Crippen molar-refractivity contribution in [3.63, 3.8) is 0 Å². The summed E-state index contributed by atoms with van der Waals surface area (Å²) in [4.78, 5) is 16.6. The number of aryl methyl sites for hydroxylation is 1. The van der Waals surface area contributed by atoms with E-state index < -0.39 is 0 Å². The maximum atomic E-state index is 12.3. The van der Waals surface area contributed by atoms with Gasteiger partial charge in [0.15, 0.2) is 5.78 Å². The van der Waals surface area contributed by atoms with Crippen LogP contribution in [-0.2, 0) is 6.42 Å². The molecule has 0 spiro atoms. The standard InChI is InChI=1S/C18H15NO/c1-13-4-6-14(7-5-13)11-18(20)16-8-9-17-15(12-16)3-2-10-19-17/h2-10,12H,11H2,1H3. The number of carbonyl (C=O) groups excluding carboxylic acids is 1. The van der Waals surface area contributed by atoms with Crippen LogP contribution in [0.1, 0.15) is 21.5 Å². The van der Waals surface area contributed by atoms with Gasteiger partial charge in [-0.05, 0) is 36.8 Å². The zero-order valence-corrected chi connectivity index (χ0v) is 11.3. The van der Waals surface area contributed by atoms with Gasteiger partial charge in [-0.1, -0.05) is 35.9 Å². The molecule has 0 saturated heterocycles. The van der Waals surface area contributed by atoms with Crippen LogP contribution in [0.15, 0.2) is 60.8 Å². The molecule has 2 heteroatoms. The van der Waals surface area contributed by atoms with E-state index in [1.54, 1.807) is 6.20 Å². The van der Waals surface area contributed by atoms with Gasteiger partial charge in [0.05, 0.1) is 5.52 Å². The van der Waals surface area contributed by atoms with Gasteiger partial charge in [-0.2, -0.15) is 0 Å². The summed E-state index contributed by atoms with van der Waals surface area (Å²) in [6.07, 6.45) is 2.20. The molecule has 0 bridgehead atoms. The van der Waals surface area contributed by atoms with Gasteiger partial charge in [-0.15, -0.1) is 0 Å². The molecular weight excluding hydrogens is 246 g/mol. The Kier molecular flexibility index (Phi) is 3.30. The Bertz CT molecular complexity index is 760. The third-order valence-electron chi connectivity index (χ3n) is 3.41. The minimum atomic E-state index is 0.139. The van der Waals surface area contributed by atoms with Crippen molar-refractivity contribution in [2.75, 3.05) is 0 Å². The molecule has 0 radical (unpaired) electrons. The van der Waals surface area contributed by atoms with E-state index in [0.29, 0.717) is 6.42 Å². The summed E-state index contributed by atoms with van der Waals surface area (Å²) >= 11 is 0. The smallest absolute Gasteiger partial charge is 0.167 e. The summed E-state index contributed by atoms with van der Waals surface area (Å²) in [6.45, 7) is 2.04. The highest BCUT2D eigenvalue weighted by molar-refractivity contribution is 6.00. The summed E-state index contributed by atoms with van der Waals surface area (Å²) < 4.78 is 0. The van der Waals surface area contributed by atoms with Crippen LogP contribution in [0.5, 0.6) is 0 Å². The van der Waals surface area contributed by atoms with Gasteiger partial charge in [-0.3, -0.25) is 9.78 Å². The number of carbonyl (C=O) groups is 1. The summed E-state index contributed by atoms with van der Waals surface area (Å²) in [5.74, 6) is 0.139. The van der Waals surface area contributed by atoms with Crippen molar-refractivity contribution >= 4 is 16.7 Å². The van der Waals surface area contributed by atoms with Gasteiger partial charge in [0.2, 0.25) is 0 Å². The van der Waals surface area contributed by atoms with E-state index in [0.717, 1.165) is 22.0 Å². The number of pyridine rings is 1. The number of hydrogen-bond donors (Lipinski definition) is 0. The second-order valence-electron chi connectivity index (χ2n) is 5.00. The van der Waals surface area contributed by atoms with Crippen LogP contribution in [0.25, 0.3) is 10.9 Å². The van der Waals surface area contributed by atoms with Gasteiger partial charge in [0.1, 0.15) is 0 Å². The van der Waals surface area contributed by atoms with Crippen molar-refractivity contribution in [3.8, 4) is 0 Å². The SMILES string of the molecule is Cc1ccc(CC(=O)c2ccc3ncccc3c2)cc1. The maximum absolute atomic E-state index is 12.3. The molecule has 98 valence electrons. The van der Waals surface area contributed by atoms with Crippen molar-refractivity contribution in [2.45, 2.75) is 13.3 Å². The van der Waals surface area contributed by atoms with Crippen LogP contribution in [0.2, 0.25) is 0 Å². The number of fused-ring (bicyclic) bond motifs is 1. The van der Waals surface area contributed by atoms with Crippen LogP contribution in [0.3, 0.4) is 0 Å². The molecule has 1 aromatic heterocycles. The van der Waals surface area contributed by atoms with Gasteiger partial charge < -0.3 is 0 Å². The lowest BCUT2D eigenvalue weighted by Crippen LogP contribution is -2.03. The van der Waals surface area contributed by atoms with Crippen molar-refractivity contribution in [2.24, 2.45) is 0 Å². The summed E-state index contributed by atoms with van der Waals surface area (Å²) in [6, 6.07) is 17.6. The second-order valence-corrected chi connectivity index (χ2v) is 5.00. The average molecular weight is 261 g/mol. The number of ketones is 1. The Morgan fingerprint density at radius 1 is 1.05 bits per heavy atom. The van der Waals surface area contributed by atoms with Gasteiger partial charge in [0, 0.05) is 23.6 Å². The van der Waals surface area contributed by atoms with E-state index >= 15 is 0 Å². The number of aromatic nitrogens is 1. The molecule has 0 fully saturated rings.